The molecule has 4 nitrogen and oxygen atoms in total. The zero-order chi connectivity index (χ0) is 18.5. The van der Waals surface area contributed by atoms with Crippen LogP contribution in [0.5, 0.6) is 0 Å². The average Bonchev–Trinajstić information content (AvgIpc) is 2.69. The molecule has 0 aliphatic carbocycles. The van der Waals surface area contributed by atoms with Crippen LogP contribution in [0.4, 0.5) is 0 Å². The zero-order valence-electron chi connectivity index (χ0n) is 13.7. The van der Waals surface area contributed by atoms with Crippen molar-refractivity contribution >= 4 is 11.3 Å². The third-order valence-electron chi connectivity index (χ3n) is 4.09. The molecule has 0 fully saturated rings. The van der Waals surface area contributed by atoms with Crippen LogP contribution >= 0.6 is 11.3 Å². The van der Waals surface area contributed by atoms with Crippen LogP contribution in [-0.2, 0) is 6.42 Å². The maximum Gasteiger partial charge on any atom is 0.189 e. The molecule has 1 aromatic heterocycles. The Hall–Kier alpha value is -3.25. The molecule has 1 unspecified atom stereocenters. The first-order valence-corrected chi connectivity index (χ1v) is 8.83. The van der Waals surface area contributed by atoms with Gasteiger partial charge in [-0.3, -0.25) is 4.79 Å². The van der Waals surface area contributed by atoms with Crippen LogP contribution in [0.25, 0.3) is 0 Å². The minimum absolute atomic E-state index is 0.190. The molecule has 3 rings (SSSR count). The highest BCUT2D eigenvalue weighted by Crippen LogP contribution is 2.22. The van der Waals surface area contributed by atoms with E-state index in [0.717, 1.165) is 5.56 Å². The molecule has 0 amide bonds. The Bertz CT molecular complexity index is 1060. The van der Waals surface area contributed by atoms with E-state index in [1.807, 2.05) is 18.2 Å². The number of nitriles is 2. The summed E-state index contributed by atoms with van der Waals surface area (Å²) >= 11 is 1.36. The molecular formula is C21H14N2O2S. The summed E-state index contributed by atoms with van der Waals surface area (Å²) in [6, 6.07) is 17.7. The first kappa shape index (κ1) is 17.6. The fourth-order valence-electron chi connectivity index (χ4n) is 2.63. The second-order valence-corrected chi connectivity index (χ2v) is 6.55. The van der Waals surface area contributed by atoms with Gasteiger partial charge in [0, 0.05) is 22.9 Å². The summed E-state index contributed by atoms with van der Waals surface area (Å²) in [4.78, 5) is 12.8. The van der Waals surface area contributed by atoms with Gasteiger partial charge in [0.2, 0.25) is 0 Å². The Morgan fingerprint density at radius 3 is 2.08 bits per heavy atom. The highest BCUT2D eigenvalue weighted by molar-refractivity contribution is 7.07. The summed E-state index contributed by atoms with van der Waals surface area (Å²) in [5.41, 5.74) is 3.31. The Morgan fingerprint density at radius 1 is 0.923 bits per heavy atom. The number of aliphatic hydroxyl groups excluding tert-OH is 1. The van der Waals surface area contributed by atoms with Crippen molar-refractivity contribution in [2.24, 2.45) is 0 Å². The summed E-state index contributed by atoms with van der Waals surface area (Å²) in [7, 11) is 0. The zero-order valence-corrected chi connectivity index (χ0v) is 14.5. The monoisotopic (exact) mass is 358 g/mol. The lowest BCUT2D eigenvalue weighted by molar-refractivity contribution is 0.219. The number of nitrogens with zero attached hydrogens (tertiary/aromatic N) is 2. The van der Waals surface area contributed by atoms with Crippen LogP contribution in [0, 0.1) is 22.7 Å². The van der Waals surface area contributed by atoms with Crippen molar-refractivity contribution in [1.29, 1.82) is 10.5 Å². The van der Waals surface area contributed by atoms with E-state index in [-0.39, 0.29) is 5.43 Å². The second-order valence-electron chi connectivity index (χ2n) is 5.80. The van der Waals surface area contributed by atoms with E-state index < -0.39 is 6.10 Å². The van der Waals surface area contributed by atoms with E-state index in [4.69, 9.17) is 10.5 Å². The van der Waals surface area contributed by atoms with Crippen molar-refractivity contribution < 1.29 is 5.11 Å². The second kappa shape index (κ2) is 7.76. The van der Waals surface area contributed by atoms with Crippen LogP contribution < -0.4 is 5.43 Å². The predicted octanol–water partition coefficient (Wildman–Crippen LogP) is 3.52. The molecule has 0 radical (unpaired) electrons. The number of hydrogen-bond acceptors (Lipinski definition) is 5. The van der Waals surface area contributed by atoms with E-state index in [1.165, 1.54) is 11.3 Å². The van der Waals surface area contributed by atoms with Gasteiger partial charge < -0.3 is 5.11 Å². The van der Waals surface area contributed by atoms with Gasteiger partial charge in [-0.25, -0.2) is 0 Å². The van der Waals surface area contributed by atoms with Crippen molar-refractivity contribution in [3.05, 3.63) is 103 Å². The van der Waals surface area contributed by atoms with E-state index in [2.05, 4.69) is 6.07 Å². The van der Waals surface area contributed by atoms with E-state index in [1.54, 1.807) is 47.2 Å². The topological polar surface area (TPSA) is 84.9 Å². The molecular weight excluding hydrogens is 344 g/mol. The quantitative estimate of drug-likeness (QED) is 0.773. The SMILES string of the molecule is N#Cc1ccc(Cc2cscc(C(O)c3ccc(C#N)cc3)c2=O)cc1. The third kappa shape index (κ3) is 3.70. The molecule has 0 saturated heterocycles. The minimum atomic E-state index is -1.03. The molecule has 0 bridgehead atoms. The molecule has 3 aromatic rings. The van der Waals surface area contributed by atoms with E-state index in [9.17, 15) is 9.90 Å². The average molecular weight is 358 g/mol. The number of hydrogen-bond donors (Lipinski definition) is 1. The molecule has 5 heteroatoms. The summed E-state index contributed by atoms with van der Waals surface area (Å²) in [5.74, 6) is 0. The minimum Gasteiger partial charge on any atom is -0.383 e. The molecule has 1 N–H and O–H groups in total. The predicted molar refractivity (Wildman–Crippen MR) is 99.8 cm³/mol. The Morgan fingerprint density at radius 2 is 1.50 bits per heavy atom. The first-order valence-electron chi connectivity index (χ1n) is 7.89. The largest absolute Gasteiger partial charge is 0.383 e. The van der Waals surface area contributed by atoms with Crippen molar-refractivity contribution in [3.8, 4) is 12.1 Å². The van der Waals surface area contributed by atoms with E-state index >= 15 is 0 Å². The summed E-state index contributed by atoms with van der Waals surface area (Å²) in [6.07, 6.45) is -0.595. The van der Waals surface area contributed by atoms with Gasteiger partial charge in [0.25, 0.3) is 0 Å². The first-order chi connectivity index (χ1) is 12.6. The molecule has 0 spiro atoms. The maximum absolute atomic E-state index is 12.8. The molecule has 126 valence electrons. The molecule has 0 saturated carbocycles. The van der Waals surface area contributed by atoms with Gasteiger partial charge in [0.05, 0.1) is 23.3 Å². The van der Waals surface area contributed by atoms with Crippen LogP contribution in [0.1, 0.15) is 39.5 Å². The third-order valence-corrected chi connectivity index (χ3v) is 4.90. The van der Waals surface area contributed by atoms with Crippen molar-refractivity contribution in [2.45, 2.75) is 12.5 Å². The summed E-state index contributed by atoms with van der Waals surface area (Å²) in [6.45, 7) is 0. The van der Waals surface area contributed by atoms with Gasteiger partial charge in [-0.2, -0.15) is 21.9 Å². The lowest BCUT2D eigenvalue weighted by Gasteiger charge is -2.12. The standard InChI is InChI=1S/C21H14N2O2S/c22-10-15-3-1-14(2-4-15)9-18-12-26-13-19(21(18)25)20(24)17-7-5-16(11-23)6-8-17/h1-8,12-13,20,24H,9H2. The van der Waals surface area contributed by atoms with Crippen LogP contribution in [0.3, 0.4) is 0 Å². The molecule has 1 atom stereocenters. The van der Waals surface area contributed by atoms with Gasteiger partial charge in [-0.15, -0.1) is 0 Å². The van der Waals surface area contributed by atoms with Crippen molar-refractivity contribution in [2.75, 3.05) is 0 Å². The van der Waals surface area contributed by atoms with Gasteiger partial charge in [0.15, 0.2) is 5.43 Å². The summed E-state index contributed by atoms with van der Waals surface area (Å²) < 4.78 is 0. The van der Waals surface area contributed by atoms with Gasteiger partial charge in [0.1, 0.15) is 6.10 Å². The van der Waals surface area contributed by atoms with Crippen LogP contribution in [-0.4, -0.2) is 5.11 Å². The maximum atomic E-state index is 12.8. The molecule has 0 aliphatic heterocycles. The normalized spacial score (nSPS) is 11.3. The highest BCUT2D eigenvalue weighted by atomic mass is 32.1. The van der Waals surface area contributed by atoms with Gasteiger partial charge in [-0.1, -0.05) is 24.3 Å². The van der Waals surface area contributed by atoms with Gasteiger partial charge in [-0.05, 0) is 40.8 Å². The lowest BCUT2D eigenvalue weighted by atomic mass is 9.99. The molecule has 2 aromatic carbocycles. The van der Waals surface area contributed by atoms with Crippen molar-refractivity contribution in [3.63, 3.8) is 0 Å². The summed E-state index contributed by atoms with van der Waals surface area (Å²) in [5, 5.41) is 31.7. The fraction of sp³-hybridized carbons (Fsp3) is 0.0952. The van der Waals surface area contributed by atoms with Crippen molar-refractivity contribution in [1.82, 2.24) is 0 Å². The Labute approximate surface area is 154 Å². The van der Waals surface area contributed by atoms with Crippen LogP contribution in [0.2, 0.25) is 0 Å². The lowest BCUT2D eigenvalue weighted by Crippen LogP contribution is -2.17. The van der Waals surface area contributed by atoms with E-state index in [0.29, 0.717) is 34.2 Å². The fourth-order valence-corrected chi connectivity index (χ4v) is 3.43. The van der Waals surface area contributed by atoms with Crippen LogP contribution in [0.15, 0.2) is 64.1 Å². The Kier molecular flexibility index (Phi) is 5.24. The number of benzene rings is 2. The molecule has 0 aliphatic rings. The highest BCUT2D eigenvalue weighted by Gasteiger charge is 2.16. The smallest absolute Gasteiger partial charge is 0.189 e. The Balaban J connectivity index is 1.89. The molecule has 26 heavy (non-hydrogen) atoms. The molecule has 1 heterocycles. The number of aliphatic hydroxyl groups is 1. The number of rotatable bonds is 4. The van der Waals surface area contributed by atoms with Gasteiger partial charge >= 0.3 is 0 Å².